The summed E-state index contributed by atoms with van der Waals surface area (Å²) >= 11 is 0. The molecule has 1 aliphatic heterocycles. The molecule has 0 aliphatic carbocycles. The van der Waals surface area contributed by atoms with Gasteiger partial charge < -0.3 is 15.5 Å². The molecule has 8 heteroatoms. The number of aromatic nitrogens is 4. The molecule has 0 atom stereocenters. The van der Waals surface area contributed by atoms with Crippen LogP contribution in [0.4, 0.5) is 11.5 Å². The molecule has 3 heterocycles. The molecule has 0 radical (unpaired) electrons. The number of rotatable bonds is 2. The largest absolute Gasteiger partial charge is 0.399 e. The van der Waals surface area contributed by atoms with Gasteiger partial charge in [-0.05, 0) is 24.6 Å². The van der Waals surface area contributed by atoms with Gasteiger partial charge in [0, 0.05) is 44.5 Å². The number of nitrogens with two attached hydrogens (primary N) is 1. The van der Waals surface area contributed by atoms with Crippen molar-refractivity contribution in [2.24, 2.45) is 7.05 Å². The maximum atomic E-state index is 12.8. The van der Waals surface area contributed by atoms with E-state index in [1.54, 1.807) is 23.3 Å². The Morgan fingerprint density at radius 1 is 1.15 bits per heavy atom. The lowest BCUT2D eigenvalue weighted by atomic mass is 10.1. The Labute approximate surface area is 151 Å². The Hall–Kier alpha value is -3.16. The molecule has 2 aromatic heterocycles. The van der Waals surface area contributed by atoms with E-state index in [1.165, 1.54) is 0 Å². The van der Waals surface area contributed by atoms with Crippen LogP contribution in [0.1, 0.15) is 15.9 Å². The molecule has 1 aliphatic rings. The lowest BCUT2D eigenvalue weighted by molar-refractivity contribution is 0.0746. The molecule has 0 spiro atoms. The zero-order valence-electron chi connectivity index (χ0n) is 14.9. The Kier molecular flexibility index (Phi) is 3.95. The van der Waals surface area contributed by atoms with E-state index in [9.17, 15) is 4.79 Å². The zero-order valence-corrected chi connectivity index (χ0v) is 14.9. The van der Waals surface area contributed by atoms with Gasteiger partial charge in [-0.25, -0.2) is 9.97 Å². The number of anilines is 2. The topological polar surface area (TPSA) is 93.2 Å². The number of hydrogen-bond acceptors (Lipinski definition) is 6. The first-order valence-corrected chi connectivity index (χ1v) is 8.57. The number of nitrogens with zero attached hydrogens (tertiary/aromatic N) is 6. The SMILES string of the molecule is Cc1ccc(N)cc1C(=O)N1CCN(c2ncnc3c2cnn3C)CC1. The van der Waals surface area contributed by atoms with Crippen molar-refractivity contribution in [3.63, 3.8) is 0 Å². The molecule has 1 saturated heterocycles. The predicted molar refractivity (Wildman–Crippen MR) is 100 cm³/mol. The number of fused-ring (bicyclic) bond motifs is 1. The van der Waals surface area contributed by atoms with Crippen LogP contribution in [0.5, 0.6) is 0 Å². The number of nitrogen functional groups attached to an aromatic ring is 1. The van der Waals surface area contributed by atoms with Gasteiger partial charge >= 0.3 is 0 Å². The van der Waals surface area contributed by atoms with Crippen molar-refractivity contribution in [3.05, 3.63) is 41.9 Å². The van der Waals surface area contributed by atoms with Gasteiger partial charge in [0.2, 0.25) is 0 Å². The van der Waals surface area contributed by atoms with E-state index in [4.69, 9.17) is 5.73 Å². The first-order chi connectivity index (χ1) is 12.5. The maximum absolute atomic E-state index is 12.8. The third-order valence-electron chi connectivity index (χ3n) is 4.87. The molecule has 0 unspecified atom stereocenters. The summed E-state index contributed by atoms with van der Waals surface area (Å²) in [7, 11) is 1.86. The third-order valence-corrected chi connectivity index (χ3v) is 4.87. The molecule has 26 heavy (non-hydrogen) atoms. The van der Waals surface area contributed by atoms with Gasteiger partial charge in [-0.2, -0.15) is 5.10 Å². The van der Waals surface area contributed by atoms with Gasteiger partial charge in [-0.15, -0.1) is 0 Å². The monoisotopic (exact) mass is 351 g/mol. The Balaban J connectivity index is 1.52. The van der Waals surface area contributed by atoms with Crippen LogP contribution in [0.3, 0.4) is 0 Å². The molecular formula is C18H21N7O. The van der Waals surface area contributed by atoms with Crippen LogP contribution in [0.25, 0.3) is 11.0 Å². The van der Waals surface area contributed by atoms with E-state index >= 15 is 0 Å². The highest BCUT2D eigenvalue weighted by Gasteiger charge is 2.25. The Morgan fingerprint density at radius 3 is 2.69 bits per heavy atom. The predicted octanol–water partition coefficient (Wildman–Crippen LogP) is 1.22. The van der Waals surface area contributed by atoms with Crippen LogP contribution in [0.15, 0.2) is 30.7 Å². The third kappa shape index (κ3) is 2.73. The van der Waals surface area contributed by atoms with Crippen molar-refractivity contribution in [1.29, 1.82) is 0 Å². The highest BCUT2D eigenvalue weighted by Crippen LogP contribution is 2.24. The number of carbonyl (C=O) groups is 1. The van der Waals surface area contributed by atoms with Gasteiger partial charge in [0.15, 0.2) is 5.65 Å². The van der Waals surface area contributed by atoms with Crippen molar-refractivity contribution >= 4 is 28.4 Å². The molecular weight excluding hydrogens is 330 g/mol. The van der Waals surface area contributed by atoms with Gasteiger partial charge in [0.1, 0.15) is 12.1 Å². The second kappa shape index (κ2) is 6.29. The molecule has 1 aromatic carbocycles. The molecule has 134 valence electrons. The van der Waals surface area contributed by atoms with Gasteiger partial charge in [0.25, 0.3) is 5.91 Å². The fourth-order valence-electron chi connectivity index (χ4n) is 3.36. The minimum atomic E-state index is 0.0312. The van der Waals surface area contributed by atoms with Gasteiger partial charge in [0.05, 0.1) is 11.6 Å². The number of hydrogen-bond donors (Lipinski definition) is 1. The lowest BCUT2D eigenvalue weighted by Crippen LogP contribution is -2.49. The second-order valence-electron chi connectivity index (χ2n) is 6.56. The summed E-state index contributed by atoms with van der Waals surface area (Å²) in [6, 6.07) is 5.46. The van der Waals surface area contributed by atoms with Crippen LogP contribution in [-0.2, 0) is 7.05 Å². The smallest absolute Gasteiger partial charge is 0.254 e. The minimum Gasteiger partial charge on any atom is -0.399 e. The molecule has 8 nitrogen and oxygen atoms in total. The summed E-state index contributed by atoms with van der Waals surface area (Å²) in [6.07, 6.45) is 3.35. The van der Waals surface area contributed by atoms with Crippen molar-refractivity contribution in [1.82, 2.24) is 24.6 Å². The molecule has 0 bridgehead atoms. The van der Waals surface area contributed by atoms with Crippen molar-refractivity contribution in [2.75, 3.05) is 36.8 Å². The molecule has 2 N–H and O–H groups in total. The maximum Gasteiger partial charge on any atom is 0.254 e. The zero-order chi connectivity index (χ0) is 18.3. The lowest BCUT2D eigenvalue weighted by Gasteiger charge is -2.35. The number of amides is 1. The molecule has 4 rings (SSSR count). The number of benzene rings is 1. The molecule has 3 aromatic rings. The number of aryl methyl sites for hydroxylation is 2. The van der Waals surface area contributed by atoms with E-state index < -0.39 is 0 Å². The molecule has 1 fully saturated rings. The van der Waals surface area contributed by atoms with Crippen LogP contribution in [0.2, 0.25) is 0 Å². The van der Waals surface area contributed by atoms with Gasteiger partial charge in [-0.3, -0.25) is 9.48 Å². The standard InChI is InChI=1S/C18H21N7O/c1-12-3-4-13(19)9-14(12)18(26)25-7-5-24(6-8-25)17-15-10-22-23(2)16(15)20-11-21-17/h3-4,9-11H,5-8,19H2,1-2H3. The van der Waals surface area contributed by atoms with E-state index in [0.29, 0.717) is 37.4 Å². The summed E-state index contributed by atoms with van der Waals surface area (Å²) in [4.78, 5) is 25.6. The quantitative estimate of drug-likeness (QED) is 0.698. The normalized spacial score (nSPS) is 14.8. The van der Waals surface area contributed by atoms with Crippen molar-refractivity contribution in [3.8, 4) is 0 Å². The Bertz CT molecular complexity index is 973. The van der Waals surface area contributed by atoms with Gasteiger partial charge in [-0.1, -0.05) is 6.07 Å². The average Bonchev–Trinajstić information content (AvgIpc) is 3.04. The van der Waals surface area contributed by atoms with E-state index in [1.807, 2.05) is 31.0 Å². The first kappa shape index (κ1) is 16.3. The molecule has 1 amide bonds. The van der Waals surface area contributed by atoms with Crippen molar-refractivity contribution < 1.29 is 4.79 Å². The second-order valence-corrected chi connectivity index (χ2v) is 6.56. The van der Waals surface area contributed by atoms with Crippen LogP contribution in [-0.4, -0.2) is 56.7 Å². The average molecular weight is 351 g/mol. The fourth-order valence-corrected chi connectivity index (χ4v) is 3.36. The number of carbonyl (C=O) groups excluding carboxylic acids is 1. The fraction of sp³-hybridized carbons (Fsp3) is 0.333. The highest BCUT2D eigenvalue weighted by molar-refractivity contribution is 5.96. The van der Waals surface area contributed by atoms with E-state index in [2.05, 4.69) is 20.0 Å². The number of piperazine rings is 1. The first-order valence-electron chi connectivity index (χ1n) is 8.57. The van der Waals surface area contributed by atoms with Crippen LogP contribution < -0.4 is 10.6 Å². The van der Waals surface area contributed by atoms with Crippen LogP contribution in [0, 0.1) is 6.92 Å². The summed E-state index contributed by atoms with van der Waals surface area (Å²) in [5, 5.41) is 5.20. The summed E-state index contributed by atoms with van der Waals surface area (Å²) in [5.41, 5.74) is 8.88. The molecule has 0 saturated carbocycles. The van der Waals surface area contributed by atoms with Crippen LogP contribution >= 0.6 is 0 Å². The van der Waals surface area contributed by atoms with E-state index in [0.717, 1.165) is 22.4 Å². The van der Waals surface area contributed by atoms with Crippen molar-refractivity contribution in [2.45, 2.75) is 6.92 Å². The van der Waals surface area contributed by atoms with E-state index in [-0.39, 0.29) is 5.91 Å². The summed E-state index contributed by atoms with van der Waals surface area (Å²) < 4.78 is 1.74. The summed E-state index contributed by atoms with van der Waals surface area (Å²) in [5.74, 6) is 0.902. The minimum absolute atomic E-state index is 0.0312. The summed E-state index contributed by atoms with van der Waals surface area (Å²) in [6.45, 7) is 4.64. The highest BCUT2D eigenvalue weighted by atomic mass is 16.2. The Morgan fingerprint density at radius 2 is 1.92 bits per heavy atom.